The van der Waals surface area contributed by atoms with Crippen molar-refractivity contribution in [3.63, 3.8) is 0 Å². The molecule has 1 amide bonds. The van der Waals surface area contributed by atoms with Gasteiger partial charge in [-0.1, -0.05) is 42.5 Å². The quantitative estimate of drug-likeness (QED) is 0.443. The van der Waals surface area contributed by atoms with E-state index in [0.717, 1.165) is 50.7 Å². The third-order valence-corrected chi connectivity index (χ3v) is 5.59. The zero-order valence-electron chi connectivity index (χ0n) is 19.5. The SMILES string of the molecule is CN=C(NCCc1ccc(OC(C)C)cc1)NCC1CC(=O)N(CCc2ccccc2)C1. The summed E-state index contributed by atoms with van der Waals surface area (Å²) in [5.41, 5.74) is 2.52. The molecule has 32 heavy (non-hydrogen) atoms. The molecule has 3 rings (SSSR count). The van der Waals surface area contributed by atoms with Crippen LogP contribution in [0.3, 0.4) is 0 Å². The van der Waals surface area contributed by atoms with Gasteiger partial charge in [0.1, 0.15) is 5.75 Å². The molecule has 1 atom stereocenters. The number of hydrogen-bond donors (Lipinski definition) is 2. The Bertz CT molecular complexity index is 865. The lowest BCUT2D eigenvalue weighted by Crippen LogP contribution is -2.41. The number of ether oxygens (including phenoxy) is 1. The molecule has 0 aliphatic carbocycles. The highest BCUT2D eigenvalue weighted by Gasteiger charge is 2.29. The van der Waals surface area contributed by atoms with Gasteiger partial charge in [0.15, 0.2) is 5.96 Å². The summed E-state index contributed by atoms with van der Waals surface area (Å²) in [4.78, 5) is 18.7. The van der Waals surface area contributed by atoms with Gasteiger partial charge in [-0.25, -0.2) is 0 Å². The average Bonchev–Trinajstić information content (AvgIpc) is 3.15. The molecule has 0 spiro atoms. The lowest BCUT2D eigenvalue weighted by atomic mass is 10.1. The van der Waals surface area contributed by atoms with Crippen LogP contribution >= 0.6 is 0 Å². The van der Waals surface area contributed by atoms with Gasteiger partial charge < -0.3 is 20.3 Å². The third-order valence-electron chi connectivity index (χ3n) is 5.59. The van der Waals surface area contributed by atoms with Crippen LogP contribution in [0, 0.1) is 5.92 Å². The minimum absolute atomic E-state index is 0.183. The van der Waals surface area contributed by atoms with E-state index in [1.807, 2.05) is 49.1 Å². The van der Waals surface area contributed by atoms with E-state index in [1.165, 1.54) is 11.1 Å². The van der Waals surface area contributed by atoms with Crippen molar-refractivity contribution in [1.82, 2.24) is 15.5 Å². The monoisotopic (exact) mass is 436 g/mol. The molecule has 2 N–H and O–H groups in total. The van der Waals surface area contributed by atoms with E-state index < -0.39 is 0 Å². The average molecular weight is 437 g/mol. The summed E-state index contributed by atoms with van der Waals surface area (Å²) in [5, 5.41) is 6.75. The number of rotatable bonds is 10. The Kier molecular flexibility index (Phi) is 8.96. The minimum Gasteiger partial charge on any atom is -0.491 e. The molecule has 1 saturated heterocycles. The highest BCUT2D eigenvalue weighted by molar-refractivity contribution is 5.80. The number of carbonyl (C=O) groups excluding carboxylic acids is 1. The lowest BCUT2D eigenvalue weighted by molar-refractivity contribution is -0.127. The first-order valence-corrected chi connectivity index (χ1v) is 11.6. The van der Waals surface area contributed by atoms with Gasteiger partial charge in [-0.05, 0) is 49.9 Å². The second-order valence-electron chi connectivity index (χ2n) is 8.59. The maximum absolute atomic E-state index is 12.4. The van der Waals surface area contributed by atoms with E-state index in [-0.39, 0.29) is 12.0 Å². The summed E-state index contributed by atoms with van der Waals surface area (Å²) in [6.07, 6.45) is 2.59. The third kappa shape index (κ3) is 7.59. The number of aliphatic imine (C=N–C) groups is 1. The maximum Gasteiger partial charge on any atom is 0.223 e. The van der Waals surface area contributed by atoms with Crippen molar-refractivity contribution in [2.75, 3.05) is 33.2 Å². The molecule has 1 unspecified atom stereocenters. The van der Waals surface area contributed by atoms with E-state index in [1.54, 1.807) is 7.05 Å². The smallest absolute Gasteiger partial charge is 0.223 e. The number of nitrogens with zero attached hydrogens (tertiary/aromatic N) is 2. The van der Waals surface area contributed by atoms with Crippen LogP contribution in [0.25, 0.3) is 0 Å². The highest BCUT2D eigenvalue weighted by Crippen LogP contribution is 2.18. The van der Waals surface area contributed by atoms with E-state index in [0.29, 0.717) is 12.3 Å². The zero-order valence-corrected chi connectivity index (χ0v) is 19.5. The Labute approximate surface area is 192 Å². The van der Waals surface area contributed by atoms with Crippen LogP contribution in [0.1, 0.15) is 31.4 Å². The van der Waals surface area contributed by atoms with Crippen molar-refractivity contribution in [1.29, 1.82) is 0 Å². The number of hydrogen-bond acceptors (Lipinski definition) is 3. The molecule has 172 valence electrons. The summed E-state index contributed by atoms with van der Waals surface area (Å²) < 4.78 is 5.69. The van der Waals surface area contributed by atoms with E-state index in [9.17, 15) is 4.79 Å². The number of likely N-dealkylation sites (tertiary alicyclic amines) is 1. The minimum atomic E-state index is 0.183. The molecule has 1 fully saturated rings. The number of guanidine groups is 1. The molecule has 6 nitrogen and oxygen atoms in total. The van der Waals surface area contributed by atoms with Crippen LogP contribution < -0.4 is 15.4 Å². The first-order chi connectivity index (χ1) is 15.5. The molecule has 1 aliphatic heterocycles. The first-order valence-electron chi connectivity index (χ1n) is 11.6. The predicted octanol–water partition coefficient (Wildman–Crippen LogP) is 3.27. The van der Waals surface area contributed by atoms with Gasteiger partial charge in [-0.3, -0.25) is 9.79 Å². The van der Waals surface area contributed by atoms with Gasteiger partial charge in [0.05, 0.1) is 6.10 Å². The Morgan fingerprint density at radius 2 is 1.78 bits per heavy atom. The largest absolute Gasteiger partial charge is 0.491 e. The normalized spacial score (nSPS) is 16.5. The van der Waals surface area contributed by atoms with Crippen molar-refractivity contribution in [2.45, 2.75) is 39.2 Å². The fourth-order valence-electron chi connectivity index (χ4n) is 3.91. The Morgan fingerprint density at radius 3 is 2.47 bits per heavy atom. The van der Waals surface area contributed by atoms with Gasteiger partial charge >= 0.3 is 0 Å². The van der Waals surface area contributed by atoms with E-state index in [2.05, 4.69) is 39.9 Å². The van der Waals surface area contributed by atoms with E-state index >= 15 is 0 Å². The number of benzene rings is 2. The molecule has 0 aromatic heterocycles. The Hall–Kier alpha value is -3.02. The van der Waals surface area contributed by atoms with Crippen LogP contribution in [0.15, 0.2) is 59.6 Å². The van der Waals surface area contributed by atoms with Gasteiger partial charge in [0.25, 0.3) is 0 Å². The van der Waals surface area contributed by atoms with Crippen molar-refractivity contribution >= 4 is 11.9 Å². The lowest BCUT2D eigenvalue weighted by Gasteiger charge is -2.18. The van der Waals surface area contributed by atoms with E-state index in [4.69, 9.17) is 4.74 Å². The first kappa shape index (κ1) is 23.6. The number of nitrogens with one attached hydrogen (secondary N) is 2. The number of amides is 1. The van der Waals surface area contributed by atoms with Gasteiger partial charge in [-0.15, -0.1) is 0 Å². The Balaban J connectivity index is 1.35. The molecule has 0 radical (unpaired) electrons. The molecule has 0 bridgehead atoms. The van der Waals surface area contributed by atoms with Crippen LogP contribution in [-0.2, 0) is 17.6 Å². The van der Waals surface area contributed by atoms with Gasteiger partial charge in [0, 0.05) is 45.6 Å². The Morgan fingerprint density at radius 1 is 1.06 bits per heavy atom. The molecule has 2 aromatic carbocycles. The number of carbonyl (C=O) groups is 1. The topological polar surface area (TPSA) is 66.0 Å². The molecule has 2 aromatic rings. The fourth-order valence-corrected chi connectivity index (χ4v) is 3.91. The fraction of sp³-hybridized carbons (Fsp3) is 0.462. The molecule has 1 aliphatic rings. The van der Waals surface area contributed by atoms with Gasteiger partial charge in [0.2, 0.25) is 5.91 Å². The summed E-state index contributed by atoms with van der Waals surface area (Å²) in [7, 11) is 1.78. The van der Waals surface area contributed by atoms with Gasteiger partial charge in [-0.2, -0.15) is 0 Å². The van der Waals surface area contributed by atoms with Crippen molar-refractivity contribution < 1.29 is 9.53 Å². The maximum atomic E-state index is 12.4. The van der Waals surface area contributed by atoms with Crippen LogP contribution in [-0.4, -0.2) is 56.1 Å². The highest BCUT2D eigenvalue weighted by atomic mass is 16.5. The standard InChI is InChI=1S/C26H36N4O2/c1-20(2)32-24-11-9-22(10-12-24)13-15-28-26(27-3)29-18-23-17-25(31)30(19-23)16-14-21-7-5-4-6-8-21/h4-12,20,23H,13-19H2,1-3H3,(H2,27,28,29). The molecule has 1 heterocycles. The van der Waals surface area contributed by atoms with Crippen LogP contribution in [0.2, 0.25) is 0 Å². The summed E-state index contributed by atoms with van der Waals surface area (Å²) in [6, 6.07) is 18.6. The van der Waals surface area contributed by atoms with Crippen molar-refractivity contribution in [3.8, 4) is 5.75 Å². The molecule has 0 saturated carbocycles. The van der Waals surface area contributed by atoms with Crippen molar-refractivity contribution in [2.24, 2.45) is 10.9 Å². The molecular weight excluding hydrogens is 400 g/mol. The second-order valence-corrected chi connectivity index (χ2v) is 8.59. The van der Waals surface area contributed by atoms with Crippen molar-refractivity contribution in [3.05, 3.63) is 65.7 Å². The molecular formula is C26H36N4O2. The molecule has 6 heteroatoms. The van der Waals surface area contributed by atoms with Crippen LogP contribution in [0.4, 0.5) is 0 Å². The predicted molar refractivity (Wildman–Crippen MR) is 130 cm³/mol. The second kappa shape index (κ2) is 12.1. The zero-order chi connectivity index (χ0) is 22.8. The summed E-state index contributed by atoms with van der Waals surface area (Å²) in [5.74, 6) is 2.24. The summed E-state index contributed by atoms with van der Waals surface area (Å²) >= 11 is 0. The summed E-state index contributed by atoms with van der Waals surface area (Å²) in [6.45, 7) is 7.18. The van der Waals surface area contributed by atoms with Crippen LogP contribution in [0.5, 0.6) is 5.75 Å².